The Labute approximate surface area is 145 Å². The Balaban J connectivity index is 1.61. The van der Waals surface area contributed by atoms with Gasteiger partial charge in [0.2, 0.25) is 0 Å². The molecule has 0 saturated heterocycles. The number of fused-ring (bicyclic) bond motifs is 1. The highest BCUT2D eigenvalue weighted by Crippen LogP contribution is 2.30. The van der Waals surface area contributed by atoms with E-state index in [2.05, 4.69) is 27.8 Å². The Morgan fingerprint density at radius 2 is 1.48 bits per heavy atom. The number of benzene rings is 3. The molecule has 1 aromatic heterocycles. The minimum absolute atomic E-state index is 0.269. The maximum Gasteiger partial charge on any atom is 0.323 e. The van der Waals surface area contributed by atoms with Crippen LogP contribution in [0.25, 0.3) is 22.2 Å². The van der Waals surface area contributed by atoms with Crippen LogP contribution in [-0.2, 0) is 0 Å². The summed E-state index contributed by atoms with van der Waals surface area (Å²) in [5, 5.41) is 6.91. The van der Waals surface area contributed by atoms with Crippen molar-refractivity contribution in [1.82, 2.24) is 4.98 Å². The molecule has 0 atom stereocenters. The van der Waals surface area contributed by atoms with E-state index in [1.165, 1.54) is 0 Å². The summed E-state index contributed by atoms with van der Waals surface area (Å²) < 4.78 is 0. The number of urea groups is 1. The molecule has 4 heteroatoms. The molecule has 4 rings (SSSR count). The lowest BCUT2D eigenvalue weighted by Gasteiger charge is -2.11. The number of aromatic nitrogens is 1. The Morgan fingerprint density at radius 1 is 0.760 bits per heavy atom. The summed E-state index contributed by atoms with van der Waals surface area (Å²) in [6, 6.07) is 27.1. The number of H-pyrrole nitrogens is 1. The van der Waals surface area contributed by atoms with Gasteiger partial charge in [-0.25, -0.2) is 4.79 Å². The summed E-state index contributed by atoms with van der Waals surface area (Å²) in [4.78, 5) is 15.7. The molecule has 0 fully saturated rings. The van der Waals surface area contributed by atoms with E-state index in [0.29, 0.717) is 0 Å². The van der Waals surface area contributed by atoms with Crippen molar-refractivity contribution < 1.29 is 4.79 Å². The molecule has 0 aliphatic heterocycles. The first kappa shape index (κ1) is 15.0. The van der Waals surface area contributed by atoms with Gasteiger partial charge in [0.15, 0.2) is 0 Å². The third-order valence-corrected chi connectivity index (χ3v) is 4.03. The molecule has 3 aromatic carbocycles. The van der Waals surface area contributed by atoms with Gasteiger partial charge >= 0.3 is 6.03 Å². The van der Waals surface area contributed by atoms with Crippen molar-refractivity contribution in [1.29, 1.82) is 0 Å². The molecule has 0 saturated carbocycles. The van der Waals surface area contributed by atoms with E-state index in [4.69, 9.17) is 0 Å². The van der Waals surface area contributed by atoms with Crippen LogP contribution in [0, 0.1) is 0 Å². The minimum Gasteiger partial charge on any atom is -0.354 e. The maximum absolute atomic E-state index is 12.3. The van der Waals surface area contributed by atoms with Gasteiger partial charge in [-0.2, -0.15) is 0 Å². The smallest absolute Gasteiger partial charge is 0.323 e. The summed E-state index contributed by atoms with van der Waals surface area (Å²) in [5.74, 6) is 0. The topological polar surface area (TPSA) is 56.9 Å². The Hall–Kier alpha value is -3.53. The first-order chi connectivity index (χ1) is 12.3. The van der Waals surface area contributed by atoms with Crippen LogP contribution >= 0.6 is 0 Å². The number of amides is 2. The normalized spacial score (nSPS) is 10.6. The highest BCUT2D eigenvalue weighted by molar-refractivity contribution is 6.02. The van der Waals surface area contributed by atoms with Crippen LogP contribution in [0.15, 0.2) is 84.9 Å². The van der Waals surface area contributed by atoms with Gasteiger partial charge < -0.3 is 15.6 Å². The molecule has 122 valence electrons. The number of carbonyl (C=O) groups excluding carboxylic acids is 1. The molecule has 4 aromatic rings. The van der Waals surface area contributed by atoms with Gasteiger partial charge in [-0.05, 0) is 30.3 Å². The monoisotopic (exact) mass is 327 g/mol. The van der Waals surface area contributed by atoms with E-state index < -0.39 is 0 Å². The molecule has 0 aliphatic rings. The van der Waals surface area contributed by atoms with Gasteiger partial charge in [-0.3, -0.25) is 0 Å². The number of hydrogen-bond donors (Lipinski definition) is 3. The number of rotatable bonds is 3. The number of hydrogen-bond acceptors (Lipinski definition) is 1. The third kappa shape index (κ3) is 3.23. The summed E-state index contributed by atoms with van der Waals surface area (Å²) >= 11 is 0. The quantitative estimate of drug-likeness (QED) is 0.458. The van der Waals surface area contributed by atoms with Crippen LogP contribution in [0.4, 0.5) is 16.2 Å². The average Bonchev–Trinajstić information content (AvgIpc) is 3.07. The lowest BCUT2D eigenvalue weighted by molar-refractivity contribution is 0.262. The van der Waals surface area contributed by atoms with Crippen molar-refractivity contribution >= 4 is 28.3 Å². The highest BCUT2D eigenvalue weighted by atomic mass is 16.2. The molecule has 0 radical (unpaired) electrons. The largest absolute Gasteiger partial charge is 0.354 e. The third-order valence-electron chi connectivity index (χ3n) is 4.03. The zero-order valence-electron chi connectivity index (χ0n) is 13.5. The summed E-state index contributed by atoms with van der Waals surface area (Å²) in [7, 11) is 0. The Morgan fingerprint density at radius 3 is 2.32 bits per heavy atom. The van der Waals surface area contributed by atoms with Crippen molar-refractivity contribution in [3.8, 4) is 11.3 Å². The van der Waals surface area contributed by atoms with Crippen molar-refractivity contribution in [2.45, 2.75) is 0 Å². The molecular formula is C21H17N3O. The minimum atomic E-state index is -0.269. The molecule has 25 heavy (non-hydrogen) atoms. The first-order valence-electron chi connectivity index (χ1n) is 8.10. The van der Waals surface area contributed by atoms with E-state index in [1.54, 1.807) is 0 Å². The molecule has 2 amide bonds. The predicted molar refractivity (Wildman–Crippen MR) is 103 cm³/mol. The van der Waals surface area contributed by atoms with E-state index in [-0.39, 0.29) is 6.03 Å². The van der Waals surface area contributed by atoms with Crippen LogP contribution in [0.2, 0.25) is 0 Å². The fraction of sp³-hybridized carbons (Fsp3) is 0. The number of anilines is 2. The molecule has 4 nitrogen and oxygen atoms in total. The zero-order chi connectivity index (χ0) is 17.1. The maximum atomic E-state index is 12.3. The van der Waals surface area contributed by atoms with Gasteiger partial charge in [0.05, 0.1) is 5.69 Å². The van der Waals surface area contributed by atoms with Gasteiger partial charge in [-0.15, -0.1) is 0 Å². The first-order valence-corrected chi connectivity index (χ1v) is 8.10. The molecule has 0 spiro atoms. The zero-order valence-corrected chi connectivity index (χ0v) is 13.5. The van der Waals surface area contributed by atoms with Crippen LogP contribution < -0.4 is 10.6 Å². The Bertz CT molecular complexity index is 988. The fourth-order valence-electron chi connectivity index (χ4n) is 2.85. The van der Waals surface area contributed by atoms with E-state index in [0.717, 1.165) is 33.5 Å². The van der Waals surface area contributed by atoms with Gasteiger partial charge in [0.25, 0.3) is 0 Å². The van der Waals surface area contributed by atoms with Crippen LogP contribution in [0.3, 0.4) is 0 Å². The van der Waals surface area contributed by atoms with Crippen LogP contribution in [0.1, 0.15) is 0 Å². The second-order valence-corrected chi connectivity index (χ2v) is 5.76. The van der Waals surface area contributed by atoms with Crippen LogP contribution in [0.5, 0.6) is 0 Å². The van der Waals surface area contributed by atoms with Crippen molar-refractivity contribution in [3.05, 3.63) is 84.9 Å². The highest BCUT2D eigenvalue weighted by Gasteiger charge is 2.10. The SMILES string of the molecule is O=C(Nc1ccccc1)Nc1ccccc1-c1cc2ccccc2[nH]1. The molecular weight excluding hydrogens is 310 g/mol. The summed E-state index contributed by atoms with van der Waals surface area (Å²) in [6.45, 7) is 0. The van der Waals surface area contributed by atoms with E-state index in [1.807, 2.05) is 72.8 Å². The molecule has 0 aliphatic carbocycles. The van der Waals surface area contributed by atoms with Gasteiger partial charge in [0, 0.05) is 27.8 Å². The molecule has 1 heterocycles. The van der Waals surface area contributed by atoms with E-state index >= 15 is 0 Å². The lowest BCUT2D eigenvalue weighted by atomic mass is 10.1. The number of nitrogens with one attached hydrogen (secondary N) is 3. The number of aromatic amines is 1. The predicted octanol–water partition coefficient (Wildman–Crippen LogP) is 5.48. The Kier molecular flexibility index (Phi) is 3.92. The second-order valence-electron chi connectivity index (χ2n) is 5.76. The van der Waals surface area contributed by atoms with Crippen LogP contribution in [-0.4, -0.2) is 11.0 Å². The van der Waals surface area contributed by atoms with Crippen molar-refractivity contribution in [2.24, 2.45) is 0 Å². The summed E-state index contributed by atoms with van der Waals surface area (Å²) in [5.41, 5.74) is 4.49. The number of carbonyl (C=O) groups is 1. The van der Waals surface area contributed by atoms with E-state index in [9.17, 15) is 4.79 Å². The molecule has 0 bridgehead atoms. The lowest BCUT2D eigenvalue weighted by Crippen LogP contribution is -2.19. The molecule has 0 unspecified atom stereocenters. The molecule has 3 N–H and O–H groups in total. The van der Waals surface area contributed by atoms with Crippen molar-refractivity contribution in [3.63, 3.8) is 0 Å². The van der Waals surface area contributed by atoms with Gasteiger partial charge in [0.1, 0.15) is 0 Å². The van der Waals surface area contributed by atoms with Crippen molar-refractivity contribution in [2.75, 3.05) is 10.6 Å². The van der Waals surface area contributed by atoms with Gasteiger partial charge in [-0.1, -0.05) is 54.6 Å². The number of para-hydroxylation sites is 3. The summed E-state index contributed by atoms with van der Waals surface area (Å²) in [6.07, 6.45) is 0. The standard InChI is InChI=1S/C21H17N3O/c25-21(22-16-9-2-1-3-10-16)24-19-13-7-5-11-17(19)20-14-15-8-4-6-12-18(15)23-20/h1-14,23H,(H2,22,24,25). The fourth-order valence-corrected chi connectivity index (χ4v) is 2.85. The second kappa shape index (κ2) is 6.53. The average molecular weight is 327 g/mol.